The van der Waals surface area contributed by atoms with Gasteiger partial charge < -0.3 is 9.30 Å². The predicted molar refractivity (Wildman–Crippen MR) is 57.7 cm³/mol. The highest BCUT2D eigenvalue weighted by atomic mass is 16.5. The average Bonchev–Trinajstić information content (AvgIpc) is 2.60. The molecule has 0 N–H and O–H groups in total. The molecule has 0 bridgehead atoms. The number of unbranched alkanes of at least 4 members (excludes halogenated alkanes) is 1. The number of hydrogen-bond donors (Lipinski definition) is 0. The molecule has 0 saturated heterocycles. The monoisotopic (exact) mass is 208 g/mol. The van der Waals surface area contributed by atoms with Gasteiger partial charge in [0.05, 0.1) is 13.3 Å². The number of aryl methyl sites for hydroxylation is 1. The second-order valence-corrected chi connectivity index (χ2v) is 3.26. The van der Waals surface area contributed by atoms with E-state index in [0.29, 0.717) is 5.69 Å². The Hall–Kier alpha value is -1.58. The summed E-state index contributed by atoms with van der Waals surface area (Å²) >= 11 is 0. The molecule has 0 aliphatic rings. The molecule has 0 spiro atoms. The third-order valence-corrected chi connectivity index (χ3v) is 2.24. The second-order valence-electron chi connectivity index (χ2n) is 3.26. The van der Waals surface area contributed by atoms with Gasteiger partial charge in [-0.15, -0.1) is 6.58 Å². The largest absolute Gasteiger partial charge is 0.464 e. The van der Waals surface area contributed by atoms with Gasteiger partial charge in [0.1, 0.15) is 11.5 Å². The molecule has 0 unspecified atom stereocenters. The Morgan fingerprint density at radius 3 is 3.07 bits per heavy atom. The molecule has 4 nitrogen and oxygen atoms in total. The highest BCUT2D eigenvalue weighted by Gasteiger charge is 2.13. The maximum atomic E-state index is 11.4. The summed E-state index contributed by atoms with van der Waals surface area (Å²) in [5.74, 6) is 0.494. The van der Waals surface area contributed by atoms with Crippen molar-refractivity contribution in [3.63, 3.8) is 0 Å². The lowest BCUT2D eigenvalue weighted by Gasteiger charge is -2.07. The number of carbonyl (C=O) groups is 1. The zero-order chi connectivity index (χ0) is 11.3. The molecular formula is C11H16N2O2. The summed E-state index contributed by atoms with van der Waals surface area (Å²) in [4.78, 5) is 15.5. The number of allylic oxidation sites excluding steroid dienone is 1. The summed E-state index contributed by atoms with van der Waals surface area (Å²) in [6.45, 7) is 6.30. The third kappa shape index (κ3) is 2.68. The lowest BCUT2D eigenvalue weighted by atomic mass is 10.3. The van der Waals surface area contributed by atoms with Crippen LogP contribution in [0.3, 0.4) is 0 Å². The summed E-state index contributed by atoms with van der Waals surface area (Å²) in [6.07, 6.45) is 5.29. The number of carbonyl (C=O) groups excluding carboxylic acids is 1. The molecule has 0 fully saturated rings. The minimum absolute atomic E-state index is 0.339. The van der Waals surface area contributed by atoms with Gasteiger partial charge in [-0.05, 0) is 19.8 Å². The minimum Gasteiger partial charge on any atom is -0.464 e. The van der Waals surface area contributed by atoms with Crippen molar-refractivity contribution in [2.75, 3.05) is 7.11 Å². The molecule has 0 saturated carbocycles. The fraction of sp³-hybridized carbons (Fsp3) is 0.455. The maximum absolute atomic E-state index is 11.4. The van der Waals surface area contributed by atoms with E-state index in [2.05, 4.69) is 16.3 Å². The molecule has 4 heteroatoms. The molecule has 1 rings (SSSR count). The number of hydrogen-bond acceptors (Lipinski definition) is 3. The Bertz CT molecular complexity index is 355. The van der Waals surface area contributed by atoms with Gasteiger partial charge in [-0.25, -0.2) is 9.78 Å². The fourth-order valence-corrected chi connectivity index (χ4v) is 1.41. The van der Waals surface area contributed by atoms with Crippen molar-refractivity contribution in [1.29, 1.82) is 0 Å². The van der Waals surface area contributed by atoms with Crippen LogP contribution < -0.4 is 0 Å². The van der Waals surface area contributed by atoms with Crippen molar-refractivity contribution in [1.82, 2.24) is 9.55 Å². The van der Waals surface area contributed by atoms with Crippen molar-refractivity contribution >= 4 is 5.97 Å². The quantitative estimate of drug-likeness (QED) is 0.422. The van der Waals surface area contributed by atoms with E-state index in [1.54, 1.807) is 6.20 Å². The fourth-order valence-electron chi connectivity index (χ4n) is 1.41. The van der Waals surface area contributed by atoms with Crippen molar-refractivity contribution in [3.8, 4) is 0 Å². The average molecular weight is 208 g/mol. The van der Waals surface area contributed by atoms with Crippen LogP contribution in [0.15, 0.2) is 18.9 Å². The van der Waals surface area contributed by atoms with Gasteiger partial charge in [-0.1, -0.05) is 6.08 Å². The van der Waals surface area contributed by atoms with Crippen LogP contribution in [0.1, 0.15) is 29.2 Å². The Kier molecular flexibility index (Phi) is 4.09. The van der Waals surface area contributed by atoms with Crippen LogP contribution in [0.25, 0.3) is 0 Å². The Balaban J connectivity index is 2.79. The first-order chi connectivity index (χ1) is 7.20. The second kappa shape index (κ2) is 5.34. The summed E-state index contributed by atoms with van der Waals surface area (Å²) in [5, 5.41) is 0. The van der Waals surface area contributed by atoms with Crippen LogP contribution in [0.5, 0.6) is 0 Å². The molecule has 0 aliphatic heterocycles. The van der Waals surface area contributed by atoms with Gasteiger partial charge in [0.2, 0.25) is 0 Å². The molecule has 0 amide bonds. The van der Waals surface area contributed by atoms with Gasteiger partial charge in [0.25, 0.3) is 0 Å². The van der Waals surface area contributed by atoms with E-state index in [4.69, 9.17) is 0 Å². The normalized spacial score (nSPS) is 10.0. The van der Waals surface area contributed by atoms with Crippen molar-refractivity contribution in [2.24, 2.45) is 0 Å². The predicted octanol–water partition coefficient (Wildman–Crippen LogP) is 1.94. The molecule has 1 heterocycles. The number of methoxy groups -OCH3 is 1. The van der Waals surface area contributed by atoms with E-state index in [0.717, 1.165) is 25.2 Å². The first-order valence-corrected chi connectivity index (χ1v) is 4.92. The van der Waals surface area contributed by atoms with Gasteiger partial charge in [-0.2, -0.15) is 0 Å². The molecule has 15 heavy (non-hydrogen) atoms. The van der Waals surface area contributed by atoms with Crippen LogP contribution in [0.2, 0.25) is 0 Å². The van der Waals surface area contributed by atoms with Gasteiger partial charge in [-0.3, -0.25) is 0 Å². The number of ether oxygens (including phenoxy) is 1. The summed E-state index contributed by atoms with van der Waals surface area (Å²) < 4.78 is 6.55. The Labute approximate surface area is 89.6 Å². The Morgan fingerprint density at radius 2 is 2.47 bits per heavy atom. The van der Waals surface area contributed by atoms with Gasteiger partial charge in [0, 0.05) is 6.54 Å². The molecule has 0 aliphatic carbocycles. The lowest BCUT2D eigenvalue weighted by molar-refractivity contribution is 0.0588. The highest BCUT2D eigenvalue weighted by molar-refractivity contribution is 5.87. The number of nitrogens with zero attached hydrogens (tertiary/aromatic N) is 2. The zero-order valence-electron chi connectivity index (χ0n) is 9.19. The molecule has 0 atom stereocenters. The van der Waals surface area contributed by atoms with Crippen molar-refractivity contribution in [2.45, 2.75) is 26.3 Å². The highest BCUT2D eigenvalue weighted by Crippen LogP contribution is 2.08. The number of imidazole rings is 1. The molecule has 0 radical (unpaired) electrons. The molecular weight excluding hydrogens is 192 g/mol. The van der Waals surface area contributed by atoms with Crippen LogP contribution in [0, 0.1) is 6.92 Å². The summed E-state index contributed by atoms with van der Waals surface area (Å²) in [6, 6.07) is 0. The van der Waals surface area contributed by atoms with Gasteiger partial charge in [0.15, 0.2) is 0 Å². The van der Waals surface area contributed by atoms with E-state index < -0.39 is 0 Å². The number of aromatic nitrogens is 2. The van der Waals surface area contributed by atoms with Crippen molar-refractivity contribution < 1.29 is 9.53 Å². The standard InChI is InChI=1S/C11H16N2O2/c1-4-5-6-7-13-9(2)12-8-10(13)11(14)15-3/h4,8H,1,5-7H2,2-3H3. The number of rotatable bonds is 5. The van der Waals surface area contributed by atoms with E-state index >= 15 is 0 Å². The first kappa shape index (κ1) is 11.5. The van der Waals surface area contributed by atoms with Gasteiger partial charge >= 0.3 is 5.97 Å². The molecule has 1 aromatic heterocycles. The van der Waals surface area contributed by atoms with Crippen LogP contribution >= 0.6 is 0 Å². The zero-order valence-corrected chi connectivity index (χ0v) is 9.19. The van der Waals surface area contributed by atoms with Crippen LogP contribution in [0.4, 0.5) is 0 Å². The maximum Gasteiger partial charge on any atom is 0.356 e. The summed E-state index contributed by atoms with van der Waals surface area (Å²) in [7, 11) is 1.37. The smallest absolute Gasteiger partial charge is 0.356 e. The molecule has 0 aromatic carbocycles. The molecule has 82 valence electrons. The van der Waals surface area contributed by atoms with E-state index in [1.807, 2.05) is 17.6 Å². The van der Waals surface area contributed by atoms with E-state index in [9.17, 15) is 4.79 Å². The van der Waals surface area contributed by atoms with Crippen LogP contribution in [-0.2, 0) is 11.3 Å². The summed E-state index contributed by atoms with van der Waals surface area (Å²) in [5.41, 5.74) is 0.513. The molecule has 1 aromatic rings. The van der Waals surface area contributed by atoms with Crippen molar-refractivity contribution in [3.05, 3.63) is 30.4 Å². The van der Waals surface area contributed by atoms with Crippen LogP contribution in [-0.4, -0.2) is 22.6 Å². The lowest BCUT2D eigenvalue weighted by Crippen LogP contribution is -2.11. The topological polar surface area (TPSA) is 44.1 Å². The SMILES string of the molecule is C=CCCCn1c(C(=O)OC)cnc1C. The number of esters is 1. The third-order valence-electron chi connectivity index (χ3n) is 2.24. The van der Waals surface area contributed by atoms with E-state index in [-0.39, 0.29) is 5.97 Å². The first-order valence-electron chi connectivity index (χ1n) is 4.92. The van der Waals surface area contributed by atoms with E-state index in [1.165, 1.54) is 7.11 Å². The minimum atomic E-state index is -0.339. The Morgan fingerprint density at radius 1 is 1.73 bits per heavy atom.